The molecule has 7 nitrogen and oxygen atoms in total. The van der Waals surface area contributed by atoms with E-state index in [1.807, 2.05) is 0 Å². The quantitative estimate of drug-likeness (QED) is 0.536. The zero-order valence-corrected chi connectivity index (χ0v) is 18.1. The standard InChI is InChI=1S/C21H21FN4O3S2.H2/c22-16-3-1-15(2-4-16)9-11-23-19-10-13-26(20(19)27)17-5-7-18(8-6-17)31(28,29)25-21-24-12-14-30-21;/h1-8,12,14,19,23H,9-11,13H2,(H,24,25);1H/t19-;/m0./s1. The highest BCUT2D eigenvalue weighted by Crippen LogP contribution is 2.25. The minimum absolute atomic E-state index is 0. The van der Waals surface area contributed by atoms with Crippen molar-refractivity contribution in [1.29, 1.82) is 0 Å². The number of aromatic nitrogens is 1. The van der Waals surface area contributed by atoms with E-state index in [0.29, 0.717) is 36.8 Å². The van der Waals surface area contributed by atoms with Gasteiger partial charge in [0.1, 0.15) is 5.82 Å². The topological polar surface area (TPSA) is 91.4 Å². The first-order chi connectivity index (χ1) is 14.9. The number of rotatable bonds is 8. The number of amides is 1. The predicted molar refractivity (Wildman–Crippen MR) is 120 cm³/mol. The van der Waals surface area contributed by atoms with Crippen molar-refractivity contribution in [1.82, 2.24) is 10.3 Å². The van der Waals surface area contributed by atoms with Crippen LogP contribution < -0.4 is 14.9 Å². The summed E-state index contributed by atoms with van der Waals surface area (Å²) in [7, 11) is -3.73. The van der Waals surface area contributed by atoms with Gasteiger partial charge in [-0.05, 0) is 61.3 Å². The largest absolute Gasteiger partial charge is 0.311 e. The smallest absolute Gasteiger partial charge is 0.263 e. The number of hydrogen-bond acceptors (Lipinski definition) is 6. The fraction of sp³-hybridized carbons (Fsp3) is 0.238. The molecule has 1 amide bonds. The Morgan fingerprint density at radius 3 is 2.58 bits per heavy atom. The molecule has 2 N–H and O–H groups in total. The lowest BCUT2D eigenvalue weighted by Gasteiger charge is -2.18. The van der Waals surface area contributed by atoms with Gasteiger partial charge in [0.15, 0.2) is 5.13 Å². The van der Waals surface area contributed by atoms with Gasteiger partial charge in [-0.2, -0.15) is 0 Å². The molecule has 0 saturated carbocycles. The van der Waals surface area contributed by atoms with Crippen molar-refractivity contribution in [3.05, 3.63) is 71.5 Å². The number of thiazole rings is 1. The van der Waals surface area contributed by atoms with Gasteiger partial charge in [0.2, 0.25) is 5.91 Å². The van der Waals surface area contributed by atoms with Crippen LogP contribution in [0.15, 0.2) is 65.0 Å². The fourth-order valence-electron chi connectivity index (χ4n) is 3.42. The van der Waals surface area contributed by atoms with Crippen LogP contribution in [0, 0.1) is 5.82 Å². The van der Waals surface area contributed by atoms with E-state index in [1.54, 1.807) is 34.5 Å². The summed E-state index contributed by atoms with van der Waals surface area (Å²) in [5.74, 6) is -0.313. The van der Waals surface area contributed by atoms with E-state index in [-0.39, 0.29) is 24.1 Å². The number of benzene rings is 2. The van der Waals surface area contributed by atoms with Crippen LogP contribution in [0.3, 0.4) is 0 Å². The Balaban J connectivity index is 0.00000289. The molecule has 2 aromatic carbocycles. The number of halogens is 1. The maximum Gasteiger partial charge on any atom is 0.263 e. The summed E-state index contributed by atoms with van der Waals surface area (Å²) in [5.41, 5.74) is 1.65. The number of sulfonamides is 1. The summed E-state index contributed by atoms with van der Waals surface area (Å²) in [6.45, 7) is 1.16. The molecule has 4 rings (SSSR count). The average Bonchev–Trinajstić information content (AvgIpc) is 3.39. The van der Waals surface area contributed by atoms with Crippen molar-refractivity contribution >= 4 is 38.1 Å². The van der Waals surface area contributed by atoms with E-state index in [2.05, 4.69) is 15.0 Å². The van der Waals surface area contributed by atoms with Crippen LogP contribution >= 0.6 is 11.3 Å². The Hall–Kier alpha value is -2.82. The molecule has 3 aromatic rings. The second-order valence-corrected chi connectivity index (χ2v) is 9.68. The molecule has 1 atom stereocenters. The van der Waals surface area contributed by atoms with Crippen molar-refractivity contribution < 1.29 is 19.0 Å². The summed E-state index contributed by atoms with van der Waals surface area (Å²) in [5, 5.41) is 5.24. The lowest BCUT2D eigenvalue weighted by atomic mass is 10.1. The Morgan fingerprint density at radius 1 is 1.16 bits per heavy atom. The van der Waals surface area contributed by atoms with Crippen molar-refractivity contribution in [3.63, 3.8) is 0 Å². The highest BCUT2D eigenvalue weighted by molar-refractivity contribution is 7.93. The van der Waals surface area contributed by atoms with Gasteiger partial charge < -0.3 is 10.2 Å². The third-order valence-corrected chi connectivity index (χ3v) is 7.21. The molecule has 31 heavy (non-hydrogen) atoms. The second kappa shape index (κ2) is 9.13. The lowest BCUT2D eigenvalue weighted by molar-refractivity contribution is -0.118. The molecule has 10 heteroatoms. The maximum absolute atomic E-state index is 13.0. The van der Waals surface area contributed by atoms with Crippen LogP contribution in [0.4, 0.5) is 15.2 Å². The number of carbonyl (C=O) groups excluding carboxylic acids is 1. The summed E-state index contributed by atoms with van der Waals surface area (Å²) < 4.78 is 40.3. The van der Waals surface area contributed by atoms with Gasteiger partial charge >= 0.3 is 0 Å². The number of nitrogens with zero attached hydrogens (tertiary/aromatic N) is 2. The fourth-order valence-corrected chi connectivity index (χ4v) is 5.21. The van der Waals surface area contributed by atoms with Crippen LogP contribution in [0.5, 0.6) is 0 Å². The highest BCUT2D eigenvalue weighted by Gasteiger charge is 2.32. The maximum atomic E-state index is 13.0. The van der Waals surface area contributed by atoms with Crippen LogP contribution in [0.1, 0.15) is 13.4 Å². The van der Waals surface area contributed by atoms with E-state index in [4.69, 9.17) is 0 Å². The van der Waals surface area contributed by atoms with E-state index >= 15 is 0 Å². The van der Waals surface area contributed by atoms with Crippen molar-refractivity contribution in [2.45, 2.75) is 23.8 Å². The number of anilines is 2. The SMILES string of the molecule is O=C1[C@@H](NCCc2ccc(F)cc2)CCN1c1ccc(S(=O)(=O)Nc2nccs2)cc1.[HH]. The Labute approximate surface area is 185 Å². The third-order valence-electron chi connectivity index (χ3n) is 5.04. The van der Waals surface area contributed by atoms with Gasteiger partial charge in [-0.15, -0.1) is 11.3 Å². The summed E-state index contributed by atoms with van der Waals surface area (Å²) in [6.07, 6.45) is 2.88. The monoisotopic (exact) mass is 462 g/mol. The van der Waals surface area contributed by atoms with Crippen LogP contribution in [0.25, 0.3) is 0 Å². The summed E-state index contributed by atoms with van der Waals surface area (Å²) >= 11 is 1.20. The van der Waals surface area contributed by atoms with Crippen molar-refractivity contribution in [2.24, 2.45) is 0 Å². The van der Waals surface area contributed by atoms with Crippen LogP contribution in [-0.2, 0) is 21.2 Å². The van der Waals surface area contributed by atoms with Gasteiger partial charge in [-0.1, -0.05) is 12.1 Å². The molecule has 0 unspecified atom stereocenters. The molecular weight excluding hydrogens is 439 g/mol. The zero-order valence-electron chi connectivity index (χ0n) is 16.5. The Morgan fingerprint density at radius 2 is 1.90 bits per heavy atom. The second-order valence-electron chi connectivity index (χ2n) is 7.10. The molecule has 164 valence electrons. The first kappa shape index (κ1) is 21.4. The first-order valence-electron chi connectivity index (χ1n) is 9.74. The molecule has 1 aliphatic rings. The van der Waals surface area contributed by atoms with E-state index in [0.717, 1.165) is 5.56 Å². The lowest BCUT2D eigenvalue weighted by Crippen LogP contribution is -2.39. The molecule has 1 aliphatic heterocycles. The predicted octanol–water partition coefficient (Wildman–Crippen LogP) is 3.27. The van der Waals surface area contributed by atoms with Gasteiger partial charge in [-0.3, -0.25) is 9.52 Å². The van der Waals surface area contributed by atoms with Gasteiger partial charge in [-0.25, -0.2) is 17.8 Å². The van der Waals surface area contributed by atoms with Crippen molar-refractivity contribution in [3.8, 4) is 0 Å². The molecule has 2 heterocycles. The molecule has 0 bridgehead atoms. The molecule has 1 fully saturated rings. The zero-order chi connectivity index (χ0) is 21.8. The normalized spacial score (nSPS) is 16.6. The molecule has 0 spiro atoms. The molecular formula is C21H23FN4O3S2. The molecule has 1 aromatic heterocycles. The number of nitrogens with one attached hydrogen (secondary N) is 2. The summed E-state index contributed by atoms with van der Waals surface area (Å²) in [6, 6.07) is 12.3. The summed E-state index contributed by atoms with van der Waals surface area (Å²) in [4.78, 5) is 18.4. The van der Waals surface area contributed by atoms with Gasteiger partial charge in [0.05, 0.1) is 10.9 Å². The molecule has 0 aliphatic carbocycles. The van der Waals surface area contributed by atoms with E-state index < -0.39 is 10.0 Å². The van der Waals surface area contributed by atoms with E-state index in [9.17, 15) is 17.6 Å². The van der Waals surface area contributed by atoms with Crippen LogP contribution in [-0.4, -0.2) is 38.4 Å². The average molecular weight is 463 g/mol. The number of hydrogen-bond donors (Lipinski definition) is 2. The third kappa shape index (κ3) is 5.09. The minimum Gasteiger partial charge on any atom is -0.311 e. The van der Waals surface area contributed by atoms with Crippen molar-refractivity contribution in [2.75, 3.05) is 22.7 Å². The van der Waals surface area contributed by atoms with E-state index in [1.165, 1.54) is 41.8 Å². The van der Waals surface area contributed by atoms with Crippen LogP contribution in [0.2, 0.25) is 0 Å². The van der Waals surface area contributed by atoms with Gasteiger partial charge in [0.25, 0.3) is 10.0 Å². The highest BCUT2D eigenvalue weighted by atomic mass is 32.2. The Kier molecular flexibility index (Phi) is 6.30. The Bertz CT molecular complexity index is 1140. The number of carbonyl (C=O) groups is 1. The first-order valence-corrected chi connectivity index (χ1v) is 12.1. The molecule has 0 radical (unpaired) electrons. The van der Waals surface area contributed by atoms with Gasteiger partial charge in [0, 0.05) is 25.2 Å². The molecule has 1 saturated heterocycles. The minimum atomic E-state index is -3.73.